The highest BCUT2D eigenvalue weighted by Gasteiger charge is 2.28. The van der Waals surface area contributed by atoms with Gasteiger partial charge in [0, 0.05) is 17.9 Å². The highest BCUT2D eigenvalue weighted by molar-refractivity contribution is 6.34. The predicted octanol–water partition coefficient (Wildman–Crippen LogP) is 3.38. The molecule has 1 aromatic carbocycles. The minimum absolute atomic E-state index is 0.191. The Morgan fingerprint density at radius 1 is 1.44 bits per heavy atom. The van der Waals surface area contributed by atoms with Gasteiger partial charge < -0.3 is 14.5 Å². The zero-order valence-electron chi connectivity index (χ0n) is 10.3. The molecule has 0 radical (unpaired) electrons. The quantitative estimate of drug-likeness (QED) is 0.924. The number of ether oxygens (including phenoxy) is 1. The fourth-order valence-electron chi connectivity index (χ4n) is 2.63. The number of fused-ring (bicyclic) bond motifs is 1. The Kier molecular flexibility index (Phi) is 3.29. The molecule has 0 aliphatic carbocycles. The summed E-state index contributed by atoms with van der Waals surface area (Å²) in [7, 11) is 1.96. The lowest BCUT2D eigenvalue weighted by atomic mass is 9.97. The Morgan fingerprint density at radius 3 is 3.00 bits per heavy atom. The lowest BCUT2D eigenvalue weighted by molar-refractivity contribution is 0.175. The van der Waals surface area contributed by atoms with Gasteiger partial charge in [0.15, 0.2) is 5.58 Å². The van der Waals surface area contributed by atoms with Crippen molar-refractivity contribution in [1.29, 1.82) is 0 Å². The first-order chi connectivity index (χ1) is 8.79. The molecule has 2 atom stereocenters. The van der Waals surface area contributed by atoms with Gasteiger partial charge >= 0.3 is 0 Å². The first kappa shape index (κ1) is 12.0. The standard InChI is InChI=1S/C14H16ClNO2/c1-16-13(10-5-6-17-8-10)12-7-9-3-2-4-11(15)14(9)18-12/h2-4,7,10,13,16H,5-6,8H2,1H3. The summed E-state index contributed by atoms with van der Waals surface area (Å²) in [4.78, 5) is 0. The van der Waals surface area contributed by atoms with Crippen LogP contribution in [0.4, 0.5) is 0 Å². The minimum atomic E-state index is 0.191. The van der Waals surface area contributed by atoms with Crippen LogP contribution >= 0.6 is 11.6 Å². The second-order valence-corrected chi connectivity index (χ2v) is 5.10. The third-order valence-electron chi connectivity index (χ3n) is 3.57. The highest BCUT2D eigenvalue weighted by Crippen LogP contribution is 2.34. The molecule has 2 unspecified atom stereocenters. The Labute approximate surface area is 111 Å². The number of para-hydroxylation sites is 1. The maximum absolute atomic E-state index is 6.14. The van der Waals surface area contributed by atoms with Crippen LogP contribution in [-0.2, 0) is 4.74 Å². The molecular formula is C14H16ClNO2. The highest BCUT2D eigenvalue weighted by atomic mass is 35.5. The fourth-order valence-corrected chi connectivity index (χ4v) is 2.85. The van der Waals surface area contributed by atoms with Crippen molar-refractivity contribution in [3.05, 3.63) is 35.0 Å². The lowest BCUT2D eigenvalue weighted by Gasteiger charge is -2.19. The van der Waals surface area contributed by atoms with Crippen molar-refractivity contribution in [2.75, 3.05) is 20.3 Å². The number of halogens is 1. The normalized spacial score (nSPS) is 21.6. The average molecular weight is 266 g/mol. The Hall–Kier alpha value is -1.03. The second-order valence-electron chi connectivity index (χ2n) is 4.70. The van der Waals surface area contributed by atoms with Crippen LogP contribution in [-0.4, -0.2) is 20.3 Å². The Balaban J connectivity index is 1.99. The van der Waals surface area contributed by atoms with Crippen molar-refractivity contribution in [1.82, 2.24) is 5.32 Å². The van der Waals surface area contributed by atoms with Crippen molar-refractivity contribution in [3.63, 3.8) is 0 Å². The van der Waals surface area contributed by atoms with Gasteiger partial charge in [0.05, 0.1) is 17.7 Å². The summed E-state index contributed by atoms with van der Waals surface area (Å²) in [5.74, 6) is 1.41. The average Bonchev–Trinajstić information content (AvgIpc) is 3.00. The minimum Gasteiger partial charge on any atom is -0.458 e. The van der Waals surface area contributed by atoms with E-state index in [1.165, 1.54) is 0 Å². The molecule has 0 spiro atoms. The molecule has 1 N–H and O–H groups in total. The Morgan fingerprint density at radius 2 is 2.33 bits per heavy atom. The summed E-state index contributed by atoms with van der Waals surface area (Å²) in [5, 5.41) is 5.04. The topological polar surface area (TPSA) is 34.4 Å². The van der Waals surface area contributed by atoms with Crippen molar-refractivity contribution in [3.8, 4) is 0 Å². The number of hydrogen-bond donors (Lipinski definition) is 1. The molecule has 3 rings (SSSR count). The van der Waals surface area contributed by atoms with Gasteiger partial charge in [-0.25, -0.2) is 0 Å². The largest absolute Gasteiger partial charge is 0.458 e. The zero-order chi connectivity index (χ0) is 12.5. The molecule has 0 bridgehead atoms. The predicted molar refractivity (Wildman–Crippen MR) is 72.0 cm³/mol. The van der Waals surface area contributed by atoms with Gasteiger partial charge in [-0.2, -0.15) is 0 Å². The molecule has 0 amide bonds. The van der Waals surface area contributed by atoms with Gasteiger partial charge in [0.25, 0.3) is 0 Å². The third kappa shape index (κ3) is 2.03. The van der Waals surface area contributed by atoms with Crippen LogP contribution in [0, 0.1) is 5.92 Å². The summed E-state index contributed by atoms with van der Waals surface area (Å²) < 4.78 is 11.4. The second kappa shape index (κ2) is 4.92. The third-order valence-corrected chi connectivity index (χ3v) is 3.87. The molecule has 1 aromatic heterocycles. The van der Waals surface area contributed by atoms with Gasteiger partial charge in [0.1, 0.15) is 5.76 Å². The van der Waals surface area contributed by atoms with Crippen LogP contribution in [0.5, 0.6) is 0 Å². The van der Waals surface area contributed by atoms with Crippen LogP contribution in [0.15, 0.2) is 28.7 Å². The molecule has 18 heavy (non-hydrogen) atoms. The molecule has 2 heterocycles. The van der Waals surface area contributed by atoms with Crippen LogP contribution in [0.25, 0.3) is 11.0 Å². The Bertz CT molecular complexity index is 546. The molecule has 3 nitrogen and oxygen atoms in total. The van der Waals surface area contributed by atoms with Crippen molar-refractivity contribution >= 4 is 22.6 Å². The maximum atomic E-state index is 6.14. The number of nitrogens with one attached hydrogen (secondary N) is 1. The van der Waals surface area contributed by atoms with E-state index in [-0.39, 0.29) is 6.04 Å². The van der Waals surface area contributed by atoms with Gasteiger partial charge in [-0.1, -0.05) is 23.7 Å². The van der Waals surface area contributed by atoms with Crippen LogP contribution < -0.4 is 5.32 Å². The molecule has 96 valence electrons. The SMILES string of the molecule is CNC(c1cc2cccc(Cl)c2o1)C1CCOC1. The van der Waals surface area contributed by atoms with E-state index in [0.717, 1.165) is 36.4 Å². The van der Waals surface area contributed by atoms with Crippen molar-refractivity contribution in [2.24, 2.45) is 5.92 Å². The van der Waals surface area contributed by atoms with E-state index in [1.807, 2.05) is 25.2 Å². The monoisotopic (exact) mass is 265 g/mol. The molecule has 2 aromatic rings. The first-order valence-electron chi connectivity index (χ1n) is 6.22. The smallest absolute Gasteiger partial charge is 0.152 e. The number of furan rings is 1. The summed E-state index contributed by atoms with van der Waals surface area (Å²) in [6.07, 6.45) is 1.07. The zero-order valence-corrected chi connectivity index (χ0v) is 11.0. The molecule has 1 saturated heterocycles. The van der Waals surface area contributed by atoms with Crippen LogP contribution in [0.3, 0.4) is 0 Å². The molecule has 1 aliphatic rings. The van der Waals surface area contributed by atoms with Crippen LogP contribution in [0.2, 0.25) is 5.02 Å². The summed E-state index contributed by atoms with van der Waals surface area (Å²) in [5.41, 5.74) is 0.772. The van der Waals surface area contributed by atoms with E-state index in [9.17, 15) is 0 Å². The lowest BCUT2D eigenvalue weighted by Crippen LogP contribution is -2.25. The van der Waals surface area contributed by atoms with Crippen LogP contribution in [0.1, 0.15) is 18.2 Å². The van der Waals surface area contributed by atoms with E-state index >= 15 is 0 Å². The maximum Gasteiger partial charge on any atom is 0.152 e. The van der Waals surface area contributed by atoms with E-state index in [1.54, 1.807) is 0 Å². The van der Waals surface area contributed by atoms with Gasteiger partial charge in [0.2, 0.25) is 0 Å². The summed E-state index contributed by atoms with van der Waals surface area (Å²) in [6, 6.07) is 8.07. The van der Waals surface area contributed by atoms with E-state index < -0.39 is 0 Å². The molecule has 4 heteroatoms. The van der Waals surface area contributed by atoms with Gasteiger partial charge in [-0.3, -0.25) is 0 Å². The van der Waals surface area contributed by atoms with E-state index in [4.69, 9.17) is 20.8 Å². The van der Waals surface area contributed by atoms with E-state index in [0.29, 0.717) is 10.9 Å². The number of rotatable bonds is 3. The number of hydrogen-bond acceptors (Lipinski definition) is 3. The van der Waals surface area contributed by atoms with Gasteiger partial charge in [-0.15, -0.1) is 0 Å². The summed E-state index contributed by atoms with van der Waals surface area (Å²) >= 11 is 6.14. The van der Waals surface area contributed by atoms with Crippen molar-refractivity contribution in [2.45, 2.75) is 12.5 Å². The molecule has 1 fully saturated rings. The molecular weight excluding hydrogens is 250 g/mol. The molecule has 0 saturated carbocycles. The van der Waals surface area contributed by atoms with Crippen molar-refractivity contribution < 1.29 is 9.15 Å². The summed E-state index contributed by atoms with van der Waals surface area (Å²) in [6.45, 7) is 1.63. The first-order valence-corrected chi connectivity index (χ1v) is 6.60. The van der Waals surface area contributed by atoms with Gasteiger partial charge in [-0.05, 0) is 25.6 Å². The van der Waals surface area contributed by atoms with E-state index in [2.05, 4.69) is 11.4 Å². The molecule has 1 aliphatic heterocycles. The fraction of sp³-hybridized carbons (Fsp3) is 0.429. The number of benzene rings is 1.